The topological polar surface area (TPSA) is 82.6 Å². The first-order chi connectivity index (χ1) is 17.5. The molecule has 6 nitrogen and oxygen atoms in total. The van der Waals surface area contributed by atoms with E-state index in [-0.39, 0.29) is 17.9 Å². The molecule has 3 aromatic carbocycles. The van der Waals surface area contributed by atoms with Crippen molar-refractivity contribution < 1.29 is 23.8 Å². The normalized spacial score (nSPS) is 17.2. The lowest BCUT2D eigenvalue weighted by molar-refractivity contribution is -0.139. The lowest BCUT2D eigenvalue weighted by atomic mass is 9.95. The first kappa shape index (κ1) is 23.4. The lowest BCUT2D eigenvalue weighted by Crippen LogP contribution is -2.31. The molecule has 36 heavy (non-hydrogen) atoms. The molecule has 1 aromatic heterocycles. The maximum absolute atomic E-state index is 14.2. The van der Waals surface area contributed by atoms with Gasteiger partial charge in [-0.2, -0.15) is 0 Å². The highest BCUT2D eigenvalue weighted by Crippen LogP contribution is 2.40. The summed E-state index contributed by atoms with van der Waals surface area (Å²) < 4.78 is 19.7. The van der Waals surface area contributed by atoms with Crippen molar-refractivity contribution in [2.45, 2.75) is 19.4 Å². The van der Waals surface area contributed by atoms with Crippen LogP contribution in [0, 0.1) is 5.82 Å². The molecule has 7 heteroatoms. The van der Waals surface area contributed by atoms with Gasteiger partial charge in [0.15, 0.2) is 0 Å². The van der Waals surface area contributed by atoms with Gasteiger partial charge in [0.05, 0.1) is 18.2 Å². The fourth-order valence-electron chi connectivity index (χ4n) is 4.74. The zero-order chi connectivity index (χ0) is 25.2. The number of likely N-dealkylation sites (tertiary alicyclic amines) is 1. The molecule has 0 saturated carbocycles. The van der Waals surface area contributed by atoms with E-state index < -0.39 is 23.5 Å². The van der Waals surface area contributed by atoms with E-state index in [2.05, 4.69) is 4.98 Å². The summed E-state index contributed by atoms with van der Waals surface area (Å²) in [7, 11) is 0. The summed E-state index contributed by atoms with van der Waals surface area (Å²) in [5.74, 6) is -1.70. The second-order valence-electron chi connectivity index (χ2n) is 8.61. The Morgan fingerprint density at radius 1 is 1.06 bits per heavy atom. The number of hydrogen-bond acceptors (Lipinski definition) is 4. The molecule has 5 rings (SSSR count). The van der Waals surface area contributed by atoms with E-state index in [9.17, 15) is 19.1 Å². The third-order valence-electron chi connectivity index (χ3n) is 6.44. The van der Waals surface area contributed by atoms with Gasteiger partial charge in [-0.1, -0.05) is 30.3 Å². The van der Waals surface area contributed by atoms with Gasteiger partial charge in [0.1, 0.15) is 17.3 Å². The lowest BCUT2D eigenvalue weighted by Gasteiger charge is -2.25. The summed E-state index contributed by atoms with van der Waals surface area (Å²) in [4.78, 5) is 31.0. The molecule has 1 aliphatic heterocycles. The average molecular weight is 485 g/mol. The Balaban J connectivity index is 1.54. The Labute approximate surface area is 207 Å². The van der Waals surface area contributed by atoms with Crippen molar-refractivity contribution in [3.05, 3.63) is 107 Å². The Bertz CT molecular complexity index is 1470. The van der Waals surface area contributed by atoms with Crippen molar-refractivity contribution in [3.63, 3.8) is 0 Å². The first-order valence-electron chi connectivity index (χ1n) is 11.8. The summed E-state index contributed by atoms with van der Waals surface area (Å²) in [6.45, 7) is 2.57. The quantitative estimate of drug-likeness (QED) is 0.210. The number of hydrogen-bond donors (Lipinski definition) is 2. The number of aliphatic hydroxyl groups is 1. The van der Waals surface area contributed by atoms with E-state index in [1.54, 1.807) is 30.3 Å². The second kappa shape index (κ2) is 9.70. The van der Waals surface area contributed by atoms with E-state index in [1.165, 1.54) is 23.1 Å². The van der Waals surface area contributed by atoms with Gasteiger partial charge in [-0.25, -0.2) is 4.39 Å². The maximum Gasteiger partial charge on any atom is 0.295 e. The van der Waals surface area contributed by atoms with Crippen LogP contribution in [0.3, 0.4) is 0 Å². The van der Waals surface area contributed by atoms with Crippen LogP contribution < -0.4 is 4.74 Å². The molecule has 4 aromatic rings. The number of aromatic amines is 1. The second-order valence-corrected chi connectivity index (χ2v) is 8.61. The molecular weight excluding hydrogens is 459 g/mol. The molecule has 2 N–H and O–H groups in total. The van der Waals surface area contributed by atoms with Crippen LogP contribution in [0.15, 0.2) is 84.6 Å². The third kappa shape index (κ3) is 4.24. The number of aliphatic hydroxyl groups excluding tert-OH is 1. The Kier molecular flexibility index (Phi) is 6.29. The number of carbonyl (C=O) groups excluding carboxylic acids is 2. The largest absolute Gasteiger partial charge is 0.507 e. The summed E-state index contributed by atoms with van der Waals surface area (Å²) in [6.07, 6.45) is 2.37. The van der Waals surface area contributed by atoms with Gasteiger partial charge < -0.3 is 19.7 Å². The number of rotatable bonds is 7. The van der Waals surface area contributed by atoms with Gasteiger partial charge in [0, 0.05) is 29.2 Å². The molecule has 0 unspecified atom stereocenters. The Morgan fingerprint density at radius 3 is 2.58 bits per heavy atom. The number of halogens is 1. The number of Topliss-reactive ketones (excluding diaryl/α,β-unsaturated/α-hetero) is 1. The fraction of sp³-hybridized carbons (Fsp3) is 0.172. The monoisotopic (exact) mass is 484 g/mol. The van der Waals surface area contributed by atoms with E-state index >= 15 is 0 Å². The minimum absolute atomic E-state index is 0.0614. The summed E-state index contributed by atoms with van der Waals surface area (Å²) in [5.41, 5.74) is 2.70. The molecule has 1 saturated heterocycles. The van der Waals surface area contributed by atoms with Gasteiger partial charge in [-0.15, -0.1) is 0 Å². The van der Waals surface area contributed by atoms with Crippen molar-refractivity contribution in [2.24, 2.45) is 0 Å². The van der Waals surface area contributed by atoms with Crippen LogP contribution in [0.4, 0.5) is 4.39 Å². The van der Waals surface area contributed by atoms with Crippen LogP contribution in [0.5, 0.6) is 5.75 Å². The molecule has 1 fully saturated rings. The Morgan fingerprint density at radius 2 is 1.83 bits per heavy atom. The minimum atomic E-state index is -0.919. The van der Waals surface area contributed by atoms with E-state index in [4.69, 9.17) is 4.74 Å². The molecule has 1 aliphatic rings. The number of para-hydroxylation sites is 1. The summed E-state index contributed by atoms with van der Waals surface area (Å²) in [6, 6.07) is 19.3. The highest BCUT2D eigenvalue weighted by molar-refractivity contribution is 6.46. The van der Waals surface area contributed by atoms with Crippen LogP contribution >= 0.6 is 0 Å². The van der Waals surface area contributed by atoms with E-state index in [1.807, 2.05) is 37.4 Å². The van der Waals surface area contributed by atoms with Crippen molar-refractivity contribution in [1.29, 1.82) is 0 Å². The minimum Gasteiger partial charge on any atom is -0.507 e. The van der Waals surface area contributed by atoms with Crippen molar-refractivity contribution in [3.8, 4) is 5.75 Å². The van der Waals surface area contributed by atoms with Gasteiger partial charge in [-0.3, -0.25) is 9.59 Å². The van der Waals surface area contributed by atoms with E-state index in [0.29, 0.717) is 29.9 Å². The van der Waals surface area contributed by atoms with Gasteiger partial charge in [0.2, 0.25) is 0 Å². The molecule has 0 spiro atoms. The zero-order valence-electron chi connectivity index (χ0n) is 19.7. The van der Waals surface area contributed by atoms with Crippen LogP contribution in [0.1, 0.15) is 29.7 Å². The van der Waals surface area contributed by atoms with Crippen LogP contribution in [0.2, 0.25) is 0 Å². The number of amides is 1. The molecule has 0 aliphatic carbocycles. The fourth-order valence-corrected chi connectivity index (χ4v) is 4.74. The number of carbonyl (C=O) groups is 2. The van der Waals surface area contributed by atoms with Crippen LogP contribution in [-0.4, -0.2) is 39.8 Å². The number of fused-ring (bicyclic) bond motifs is 1. The van der Waals surface area contributed by atoms with Crippen molar-refractivity contribution in [2.75, 3.05) is 13.2 Å². The van der Waals surface area contributed by atoms with Gasteiger partial charge in [-0.05, 0) is 66.9 Å². The SMILES string of the molecule is CCOc1ccc(C(O)=C2C(=O)C(=O)N(CCc3c[nH]c4ccccc34)[C@H]2c2cccc(F)c2)cc1. The molecule has 0 radical (unpaired) electrons. The number of ketones is 1. The predicted molar refractivity (Wildman–Crippen MR) is 135 cm³/mol. The molecule has 2 heterocycles. The molecule has 1 amide bonds. The van der Waals surface area contributed by atoms with Crippen LogP contribution in [0.25, 0.3) is 16.7 Å². The van der Waals surface area contributed by atoms with Gasteiger partial charge >= 0.3 is 0 Å². The number of nitrogens with zero attached hydrogens (tertiary/aromatic N) is 1. The van der Waals surface area contributed by atoms with Gasteiger partial charge in [0.25, 0.3) is 11.7 Å². The maximum atomic E-state index is 14.2. The van der Waals surface area contributed by atoms with Crippen molar-refractivity contribution >= 4 is 28.4 Å². The number of nitrogens with one attached hydrogen (secondary N) is 1. The third-order valence-corrected chi connectivity index (χ3v) is 6.44. The highest BCUT2D eigenvalue weighted by Gasteiger charge is 2.46. The molecule has 1 atom stereocenters. The number of benzene rings is 3. The average Bonchev–Trinajstić information content (AvgIpc) is 3.41. The number of ether oxygens (including phenoxy) is 1. The summed E-state index contributed by atoms with van der Waals surface area (Å²) >= 11 is 0. The predicted octanol–water partition coefficient (Wildman–Crippen LogP) is 5.37. The molecular formula is C29H25FN2O4. The Hall–Kier alpha value is -4.39. The number of H-pyrrole nitrogens is 1. The first-order valence-corrected chi connectivity index (χ1v) is 11.8. The van der Waals surface area contributed by atoms with Crippen molar-refractivity contribution in [1.82, 2.24) is 9.88 Å². The smallest absolute Gasteiger partial charge is 0.295 e. The van der Waals surface area contributed by atoms with Crippen LogP contribution in [-0.2, 0) is 16.0 Å². The standard InChI is InChI=1S/C29H25FN2O4/c1-2-36-22-12-10-18(11-13-22)27(33)25-26(19-6-5-7-21(30)16-19)32(29(35)28(25)34)15-14-20-17-31-24-9-4-3-8-23(20)24/h3-13,16-17,26,31,33H,2,14-15H2,1H3/t26-/m0/s1. The molecule has 182 valence electrons. The summed E-state index contributed by atoms with van der Waals surface area (Å²) in [5, 5.41) is 12.2. The number of aromatic nitrogens is 1. The zero-order valence-corrected chi connectivity index (χ0v) is 19.7. The van der Waals surface area contributed by atoms with E-state index in [0.717, 1.165) is 16.5 Å². The highest BCUT2D eigenvalue weighted by atomic mass is 19.1. The molecule has 0 bridgehead atoms.